The molecule has 0 aromatic heterocycles. The zero-order chi connectivity index (χ0) is 25.5. The lowest BCUT2D eigenvalue weighted by Crippen LogP contribution is -2.67. The molecule has 3 rings (SSSR count). The molecule has 1 aliphatic carbocycles. The van der Waals surface area contributed by atoms with Crippen molar-refractivity contribution in [3.05, 3.63) is 71.1 Å². The molecule has 1 fully saturated rings. The van der Waals surface area contributed by atoms with Gasteiger partial charge >= 0.3 is 0 Å². The second-order valence-electron chi connectivity index (χ2n) is 11.0. The Morgan fingerprint density at radius 1 is 1.00 bits per heavy atom. The van der Waals surface area contributed by atoms with E-state index in [0.29, 0.717) is 25.4 Å². The number of nitrogens with zero attached hydrogens (tertiary/aromatic N) is 3. The normalized spacial score (nSPS) is 19.5. The zero-order valence-corrected chi connectivity index (χ0v) is 23.0. The molecule has 0 bridgehead atoms. The first kappa shape index (κ1) is 27.2. The average molecular weight is 492 g/mol. The van der Waals surface area contributed by atoms with Crippen LogP contribution >= 0.6 is 0 Å². The molecule has 0 amide bonds. The molecule has 2 aromatic rings. The molecule has 35 heavy (non-hydrogen) atoms. The maximum absolute atomic E-state index is 12.7. The van der Waals surface area contributed by atoms with Crippen molar-refractivity contribution < 1.29 is 9.22 Å². The zero-order valence-electron chi connectivity index (χ0n) is 22.0. The monoisotopic (exact) mass is 491 g/mol. The van der Waals surface area contributed by atoms with Crippen LogP contribution in [0, 0.1) is 17.8 Å². The van der Waals surface area contributed by atoms with Gasteiger partial charge in [-0.3, -0.25) is 4.79 Å². The number of carbonyl (C=O) groups is 1. The van der Waals surface area contributed by atoms with Crippen LogP contribution in [0.3, 0.4) is 0 Å². The molecule has 0 aliphatic heterocycles. The molecule has 1 aliphatic rings. The van der Waals surface area contributed by atoms with Gasteiger partial charge in [0.05, 0.1) is 0 Å². The first-order valence-corrected chi connectivity index (χ1v) is 15.0. The van der Waals surface area contributed by atoms with Gasteiger partial charge in [-0.25, -0.2) is 0 Å². The first-order chi connectivity index (χ1) is 16.8. The Kier molecular flexibility index (Phi) is 9.34. The van der Waals surface area contributed by atoms with Crippen LogP contribution in [0.15, 0.2) is 65.8 Å². The van der Waals surface area contributed by atoms with Crippen molar-refractivity contribution in [1.82, 2.24) is 0 Å². The van der Waals surface area contributed by atoms with Crippen molar-refractivity contribution >= 4 is 24.5 Å². The molecule has 0 heterocycles. The Morgan fingerprint density at radius 2 is 1.54 bits per heavy atom. The molecule has 1 saturated carbocycles. The maximum Gasteiger partial charge on any atom is 0.261 e. The quantitative estimate of drug-likeness (QED) is 0.152. The number of hydrogen-bond donors (Lipinski definition) is 0. The summed E-state index contributed by atoms with van der Waals surface area (Å²) in [6.45, 7) is 11.7. The van der Waals surface area contributed by atoms with E-state index < -0.39 is 8.32 Å². The van der Waals surface area contributed by atoms with Crippen molar-refractivity contribution in [2.75, 3.05) is 6.61 Å². The van der Waals surface area contributed by atoms with Crippen LogP contribution in [0.25, 0.3) is 10.4 Å². The van der Waals surface area contributed by atoms with Crippen molar-refractivity contribution in [2.45, 2.75) is 77.8 Å². The van der Waals surface area contributed by atoms with Crippen LogP contribution in [-0.2, 0) is 9.22 Å². The average Bonchev–Trinajstić information content (AvgIpc) is 3.23. The predicted octanol–water partition coefficient (Wildman–Crippen LogP) is 6.66. The number of rotatable bonds is 11. The second-order valence-corrected chi connectivity index (χ2v) is 15.3. The molecule has 0 spiro atoms. The number of azide groups is 1. The molecule has 5 nitrogen and oxygen atoms in total. The molecular weight excluding hydrogens is 450 g/mol. The summed E-state index contributed by atoms with van der Waals surface area (Å²) < 4.78 is 7.17. The van der Waals surface area contributed by atoms with Crippen molar-refractivity contribution in [3.63, 3.8) is 0 Å². The summed E-state index contributed by atoms with van der Waals surface area (Å²) in [6.07, 6.45) is 3.93. The third kappa shape index (κ3) is 6.06. The summed E-state index contributed by atoms with van der Waals surface area (Å²) >= 11 is 0. The predicted molar refractivity (Wildman–Crippen MR) is 146 cm³/mol. The fourth-order valence-electron chi connectivity index (χ4n) is 5.92. The van der Waals surface area contributed by atoms with Gasteiger partial charge in [0.1, 0.15) is 5.78 Å². The van der Waals surface area contributed by atoms with E-state index in [1.165, 1.54) is 10.4 Å². The molecule has 0 unspecified atom stereocenters. The van der Waals surface area contributed by atoms with E-state index in [-0.39, 0.29) is 28.7 Å². The smallest absolute Gasteiger partial charge is 0.261 e. The standard InChI is InChI=1S/C29H41N3O2Si/c1-6-22(7-2)18-28(31-32-30)27-20-24(33)19-23(27)21-34-35(29(3,4)5,25-14-10-8-11-15-25)26-16-12-9-13-17-26/h8-17,22-23,27-28H,6-7,18-21H2,1-5H3/t23-,27+,28-/m0/s1. The molecule has 6 heteroatoms. The highest BCUT2D eigenvalue weighted by Crippen LogP contribution is 2.41. The summed E-state index contributed by atoms with van der Waals surface area (Å²) in [6, 6.07) is 21.0. The fraction of sp³-hybridized carbons (Fsp3) is 0.552. The molecule has 0 radical (unpaired) electrons. The minimum absolute atomic E-state index is 0.0391. The molecular formula is C29H41N3O2Si. The highest BCUT2D eigenvalue weighted by atomic mass is 28.4. The van der Waals surface area contributed by atoms with Crippen LogP contribution in [0.2, 0.25) is 5.04 Å². The van der Waals surface area contributed by atoms with Crippen LogP contribution in [0.5, 0.6) is 0 Å². The van der Waals surface area contributed by atoms with Crippen LogP contribution in [-0.4, -0.2) is 26.7 Å². The molecule has 3 atom stereocenters. The van der Waals surface area contributed by atoms with Gasteiger partial charge in [0.2, 0.25) is 0 Å². The lowest BCUT2D eigenvalue weighted by Gasteiger charge is -2.44. The first-order valence-electron chi connectivity index (χ1n) is 13.1. The van der Waals surface area contributed by atoms with E-state index in [1.807, 2.05) is 12.1 Å². The number of hydrogen-bond acceptors (Lipinski definition) is 3. The van der Waals surface area contributed by atoms with Crippen molar-refractivity contribution in [3.8, 4) is 0 Å². The van der Waals surface area contributed by atoms with E-state index in [9.17, 15) is 10.3 Å². The summed E-state index contributed by atoms with van der Waals surface area (Å²) in [5, 5.41) is 6.58. The topological polar surface area (TPSA) is 75.1 Å². The minimum Gasteiger partial charge on any atom is -0.407 e. The van der Waals surface area contributed by atoms with Gasteiger partial charge in [-0.05, 0) is 45.1 Å². The van der Waals surface area contributed by atoms with Gasteiger partial charge < -0.3 is 4.43 Å². The highest BCUT2D eigenvalue weighted by molar-refractivity contribution is 6.99. The van der Waals surface area contributed by atoms with Crippen molar-refractivity contribution in [2.24, 2.45) is 22.9 Å². The Bertz CT molecular complexity index is 956. The third-order valence-electron chi connectivity index (χ3n) is 7.91. The largest absolute Gasteiger partial charge is 0.407 e. The summed E-state index contributed by atoms with van der Waals surface area (Å²) in [7, 11) is -2.68. The van der Waals surface area contributed by atoms with Crippen molar-refractivity contribution in [1.29, 1.82) is 0 Å². The van der Waals surface area contributed by atoms with E-state index in [1.54, 1.807) is 0 Å². The molecule has 0 saturated heterocycles. The van der Waals surface area contributed by atoms with Crippen LogP contribution < -0.4 is 10.4 Å². The van der Waals surface area contributed by atoms with Gasteiger partial charge in [0.15, 0.2) is 0 Å². The lowest BCUT2D eigenvalue weighted by atomic mass is 9.83. The van der Waals surface area contributed by atoms with Gasteiger partial charge in [0, 0.05) is 30.4 Å². The minimum atomic E-state index is -2.68. The Hall–Kier alpha value is -2.40. The van der Waals surface area contributed by atoms with Gasteiger partial charge in [0.25, 0.3) is 8.32 Å². The molecule has 188 valence electrons. The molecule has 0 N–H and O–H groups in total. The number of ketones is 1. The Balaban J connectivity index is 1.98. The molecule has 2 aromatic carbocycles. The second kappa shape index (κ2) is 12.0. The van der Waals surface area contributed by atoms with E-state index in [4.69, 9.17) is 4.43 Å². The maximum atomic E-state index is 12.7. The van der Waals surface area contributed by atoms with E-state index in [0.717, 1.165) is 19.3 Å². The number of benzene rings is 2. The Labute approximate surface area is 212 Å². The van der Waals surface area contributed by atoms with E-state index in [2.05, 4.69) is 93.2 Å². The SMILES string of the molecule is CCC(CC)C[C@H](N=[N+]=[N-])[C@@H]1CC(=O)C[C@H]1CO[Si](c1ccccc1)(c1ccccc1)C(C)(C)C. The number of Topliss-reactive ketones (excluding diaryl/α,β-unsaturated/α-hetero) is 1. The van der Waals surface area contributed by atoms with Crippen LogP contribution in [0.4, 0.5) is 0 Å². The number of carbonyl (C=O) groups excluding carboxylic acids is 1. The Morgan fingerprint density at radius 3 is 2.00 bits per heavy atom. The lowest BCUT2D eigenvalue weighted by molar-refractivity contribution is -0.117. The summed E-state index contributed by atoms with van der Waals surface area (Å²) in [4.78, 5) is 15.9. The van der Waals surface area contributed by atoms with Gasteiger partial charge in [-0.1, -0.05) is 113 Å². The van der Waals surface area contributed by atoms with E-state index >= 15 is 0 Å². The fourth-order valence-corrected chi connectivity index (χ4v) is 10.5. The van der Waals surface area contributed by atoms with Gasteiger partial charge in [-0.2, -0.15) is 0 Å². The van der Waals surface area contributed by atoms with Gasteiger partial charge in [-0.15, -0.1) is 0 Å². The highest BCUT2D eigenvalue weighted by Gasteiger charge is 2.51. The summed E-state index contributed by atoms with van der Waals surface area (Å²) in [5.74, 6) is 0.861. The third-order valence-corrected chi connectivity index (χ3v) is 12.9. The summed E-state index contributed by atoms with van der Waals surface area (Å²) in [5.41, 5.74) is 9.32. The van der Waals surface area contributed by atoms with Crippen LogP contribution in [0.1, 0.15) is 66.7 Å².